The van der Waals surface area contributed by atoms with Crippen LogP contribution in [0.15, 0.2) is 24.3 Å². The summed E-state index contributed by atoms with van der Waals surface area (Å²) >= 11 is 0. The van der Waals surface area contributed by atoms with Crippen molar-refractivity contribution in [1.29, 1.82) is 5.26 Å². The Morgan fingerprint density at radius 2 is 1.79 bits per heavy atom. The van der Waals surface area contributed by atoms with Crippen LogP contribution in [-0.4, -0.2) is 6.04 Å². The molecule has 1 aromatic rings. The van der Waals surface area contributed by atoms with Gasteiger partial charge in [0.15, 0.2) is 0 Å². The fourth-order valence-corrected chi connectivity index (χ4v) is 2.86. The van der Waals surface area contributed by atoms with Crippen molar-refractivity contribution in [2.45, 2.75) is 58.5 Å². The van der Waals surface area contributed by atoms with E-state index in [1.54, 1.807) is 0 Å². The van der Waals surface area contributed by atoms with Crippen LogP contribution in [0.1, 0.15) is 63.6 Å². The minimum atomic E-state index is 0.360. The largest absolute Gasteiger partial charge is 0.307 e. The molecule has 0 aliphatic heterocycles. The van der Waals surface area contributed by atoms with Crippen LogP contribution in [0, 0.1) is 16.7 Å². The summed E-state index contributed by atoms with van der Waals surface area (Å²) in [6.07, 6.45) is 5.16. The first-order valence-electron chi connectivity index (χ1n) is 7.26. The van der Waals surface area contributed by atoms with Gasteiger partial charge in [-0.1, -0.05) is 26.0 Å². The summed E-state index contributed by atoms with van der Waals surface area (Å²) in [5, 5.41) is 12.5. The molecule has 2 rings (SSSR count). The predicted molar refractivity (Wildman–Crippen MR) is 78.7 cm³/mol. The van der Waals surface area contributed by atoms with Crippen molar-refractivity contribution in [3.8, 4) is 6.07 Å². The maximum Gasteiger partial charge on any atom is 0.0991 e. The zero-order chi connectivity index (χ0) is 13.9. The molecule has 1 aromatic carbocycles. The van der Waals surface area contributed by atoms with Crippen molar-refractivity contribution in [1.82, 2.24) is 5.32 Å². The molecule has 1 aliphatic rings. The third-order valence-electron chi connectivity index (χ3n) is 4.36. The molecule has 0 saturated heterocycles. The highest BCUT2D eigenvalue weighted by Crippen LogP contribution is 2.35. The Bertz CT molecular complexity index is 443. The lowest BCUT2D eigenvalue weighted by molar-refractivity contribution is 0.200. The molecule has 0 spiro atoms. The Morgan fingerprint density at radius 1 is 1.21 bits per heavy atom. The molecule has 102 valence electrons. The molecule has 1 saturated carbocycles. The highest BCUT2D eigenvalue weighted by Gasteiger charge is 2.27. The fraction of sp³-hybridized carbons (Fsp3) is 0.588. The van der Waals surface area contributed by atoms with Crippen LogP contribution in [0.4, 0.5) is 0 Å². The van der Waals surface area contributed by atoms with Crippen molar-refractivity contribution in [2.75, 3.05) is 0 Å². The van der Waals surface area contributed by atoms with Crippen molar-refractivity contribution >= 4 is 0 Å². The van der Waals surface area contributed by atoms with Gasteiger partial charge in [0.25, 0.3) is 0 Å². The van der Waals surface area contributed by atoms with Crippen LogP contribution in [0.5, 0.6) is 0 Å². The molecule has 1 atom stereocenters. The number of nitrogens with zero attached hydrogens (tertiary/aromatic N) is 1. The van der Waals surface area contributed by atoms with Gasteiger partial charge in [-0.25, -0.2) is 0 Å². The Labute approximate surface area is 116 Å². The SMILES string of the molecule is CC(NC1CCC(C)(C)CC1)c1ccc(C#N)cc1. The number of rotatable bonds is 3. The van der Waals surface area contributed by atoms with Gasteiger partial charge in [0.2, 0.25) is 0 Å². The monoisotopic (exact) mass is 256 g/mol. The lowest BCUT2D eigenvalue weighted by Gasteiger charge is -2.36. The van der Waals surface area contributed by atoms with Crippen LogP contribution in [-0.2, 0) is 0 Å². The lowest BCUT2D eigenvalue weighted by atomic mass is 9.75. The minimum absolute atomic E-state index is 0.360. The number of hydrogen-bond donors (Lipinski definition) is 1. The van der Waals surface area contributed by atoms with E-state index in [-0.39, 0.29) is 0 Å². The standard InChI is InChI=1S/C17H24N2/c1-13(15-6-4-14(12-18)5-7-15)19-16-8-10-17(2,3)11-9-16/h4-7,13,16,19H,8-11H2,1-3H3. The first-order valence-corrected chi connectivity index (χ1v) is 7.26. The fourth-order valence-electron chi connectivity index (χ4n) is 2.86. The summed E-state index contributed by atoms with van der Waals surface area (Å²) in [6.45, 7) is 6.95. The summed E-state index contributed by atoms with van der Waals surface area (Å²) in [5.74, 6) is 0. The van der Waals surface area contributed by atoms with E-state index >= 15 is 0 Å². The van der Waals surface area contributed by atoms with Gasteiger partial charge in [-0.05, 0) is 55.7 Å². The predicted octanol–water partition coefficient (Wildman–Crippen LogP) is 4.18. The molecule has 0 amide bonds. The first kappa shape index (κ1) is 14.1. The lowest BCUT2D eigenvalue weighted by Crippen LogP contribution is -2.37. The third kappa shape index (κ3) is 3.81. The van der Waals surface area contributed by atoms with Gasteiger partial charge in [0, 0.05) is 12.1 Å². The minimum Gasteiger partial charge on any atom is -0.307 e. The van der Waals surface area contributed by atoms with E-state index in [0.717, 1.165) is 5.56 Å². The van der Waals surface area contributed by atoms with Gasteiger partial charge in [-0.3, -0.25) is 0 Å². The van der Waals surface area contributed by atoms with E-state index in [0.29, 0.717) is 17.5 Å². The third-order valence-corrected chi connectivity index (χ3v) is 4.36. The maximum absolute atomic E-state index is 8.81. The van der Waals surface area contributed by atoms with Crippen molar-refractivity contribution in [3.63, 3.8) is 0 Å². The molecule has 1 unspecified atom stereocenters. The quantitative estimate of drug-likeness (QED) is 0.880. The van der Waals surface area contributed by atoms with Gasteiger partial charge >= 0.3 is 0 Å². The molecular weight excluding hydrogens is 232 g/mol. The second-order valence-corrected chi connectivity index (χ2v) is 6.56. The summed E-state index contributed by atoms with van der Waals surface area (Å²) < 4.78 is 0. The molecule has 19 heavy (non-hydrogen) atoms. The average Bonchev–Trinajstić information content (AvgIpc) is 2.41. The summed E-state index contributed by atoms with van der Waals surface area (Å²) in [6, 6.07) is 11.1. The Balaban J connectivity index is 1.90. The second-order valence-electron chi connectivity index (χ2n) is 6.56. The Morgan fingerprint density at radius 3 is 2.32 bits per heavy atom. The zero-order valence-electron chi connectivity index (χ0n) is 12.2. The van der Waals surface area contributed by atoms with Crippen LogP contribution in [0.3, 0.4) is 0 Å². The number of benzene rings is 1. The second kappa shape index (κ2) is 5.75. The van der Waals surface area contributed by atoms with Crippen LogP contribution >= 0.6 is 0 Å². The molecule has 1 aliphatic carbocycles. The molecular formula is C17H24N2. The number of hydrogen-bond acceptors (Lipinski definition) is 2. The molecule has 1 N–H and O–H groups in total. The molecule has 2 nitrogen and oxygen atoms in total. The van der Waals surface area contributed by atoms with E-state index in [9.17, 15) is 0 Å². The maximum atomic E-state index is 8.81. The van der Waals surface area contributed by atoms with Crippen LogP contribution in [0.25, 0.3) is 0 Å². The summed E-state index contributed by atoms with van der Waals surface area (Å²) in [4.78, 5) is 0. The highest BCUT2D eigenvalue weighted by atomic mass is 14.9. The molecule has 0 heterocycles. The zero-order valence-corrected chi connectivity index (χ0v) is 12.2. The smallest absolute Gasteiger partial charge is 0.0991 e. The van der Waals surface area contributed by atoms with Gasteiger partial charge in [-0.15, -0.1) is 0 Å². The molecule has 0 bridgehead atoms. The molecule has 0 aromatic heterocycles. The van der Waals surface area contributed by atoms with Crippen molar-refractivity contribution in [3.05, 3.63) is 35.4 Å². The van der Waals surface area contributed by atoms with E-state index in [2.05, 4.69) is 44.3 Å². The highest BCUT2D eigenvalue weighted by molar-refractivity contribution is 5.32. The topological polar surface area (TPSA) is 35.8 Å². The Hall–Kier alpha value is -1.33. The van der Waals surface area contributed by atoms with Gasteiger partial charge in [0.05, 0.1) is 11.6 Å². The van der Waals surface area contributed by atoms with Gasteiger partial charge < -0.3 is 5.32 Å². The van der Waals surface area contributed by atoms with Gasteiger partial charge in [-0.2, -0.15) is 5.26 Å². The number of nitrogens with one attached hydrogen (secondary N) is 1. The number of nitriles is 1. The van der Waals surface area contributed by atoms with Crippen LogP contribution in [0.2, 0.25) is 0 Å². The van der Waals surface area contributed by atoms with E-state index in [4.69, 9.17) is 5.26 Å². The van der Waals surface area contributed by atoms with Crippen molar-refractivity contribution in [2.24, 2.45) is 5.41 Å². The van der Waals surface area contributed by atoms with E-state index in [1.807, 2.05) is 12.1 Å². The van der Waals surface area contributed by atoms with Gasteiger partial charge in [0.1, 0.15) is 0 Å². The first-order chi connectivity index (χ1) is 9.00. The Kier molecular flexibility index (Phi) is 4.27. The molecule has 1 fully saturated rings. The molecule has 0 radical (unpaired) electrons. The van der Waals surface area contributed by atoms with Crippen LogP contribution < -0.4 is 5.32 Å². The summed E-state index contributed by atoms with van der Waals surface area (Å²) in [5.41, 5.74) is 2.52. The van der Waals surface area contributed by atoms with E-state index in [1.165, 1.54) is 31.2 Å². The molecule has 2 heteroatoms. The normalized spacial score (nSPS) is 20.7. The van der Waals surface area contributed by atoms with E-state index < -0.39 is 0 Å². The van der Waals surface area contributed by atoms with Crippen molar-refractivity contribution < 1.29 is 0 Å². The average molecular weight is 256 g/mol. The summed E-state index contributed by atoms with van der Waals surface area (Å²) in [7, 11) is 0.